The minimum absolute atomic E-state index is 0.210. The number of rotatable bonds is 8. The zero-order valence-electron chi connectivity index (χ0n) is 12.2. The van der Waals surface area contributed by atoms with E-state index in [4.69, 9.17) is 4.74 Å². The van der Waals surface area contributed by atoms with Crippen LogP contribution in [-0.4, -0.2) is 19.1 Å². The van der Waals surface area contributed by atoms with E-state index in [9.17, 15) is 4.79 Å². The summed E-state index contributed by atoms with van der Waals surface area (Å²) in [5, 5.41) is 3.37. The van der Waals surface area contributed by atoms with Crippen LogP contribution in [0.1, 0.15) is 51.1 Å². The molecular weight excluding hydrogens is 238 g/mol. The maximum Gasteiger partial charge on any atom is 0.322 e. The Bertz CT molecular complexity index is 364. The zero-order chi connectivity index (χ0) is 14.1. The predicted octanol–water partition coefficient (Wildman–Crippen LogP) is 3.46. The molecule has 0 aliphatic heterocycles. The molecule has 106 valence electrons. The third-order valence-corrected chi connectivity index (χ3v) is 3.30. The monoisotopic (exact) mass is 263 g/mol. The molecule has 0 saturated carbocycles. The lowest BCUT2D eigenvalue weighted by atomic mass is 9.99. The molecule has 3 nitrogen and oxygen atoms in total. The van der Waals surface area contributed by atoms with Gasteiger partial charge in [-0.15, -0.1) is 0 Å². The summed E-state index contributed by atoms with van der Waals surface area (Å²) in [7, 11) is 1.43. The number of ether oxygens (including phenoxy) is 1. The number of carbonyl (C=O) groups excluding carboxylic acids is 1. The van der Waals surface area contributed by atoms with E-state index in [2.05, 4.69) is 24.4 Å². The lowest BCUT2D eigenvalue weighted by Crippen LogP contribution is -2.37. The van der Waals surface area contributed by atoms with Gasteiger partial charge in [0.25, 0.3) is 0 Å². The van der Waals surface area contributed by atoms with E-state index in [1.807, 2.05) is 25.1 Å². The third kappa shape index (κ3) is 5.43. The fourth-order valence-corrected chi connectivity index (χ4v) is 2.18. The molecule has 1 rings (SSSR count). The molecule has 2 atom stereocenters. The van der Waals surface area contributed by atoms with Crippen molar-refractivity contribution >= 4 is 5.97 Å². The van der Waals surface area contributed by atoms with Crippen LogP contribution in [-0.2, 0) is 9.53 Å². The van der Waals surface area contributed by atoms with Gasteiger partial charge in [-0.05, 0) is 18.9 Å². The van der Waals surface area contributed by atoms with Gasteiger partial charge >= 0.3 is 5.97 Å². The Morgan fingerprint density at radius 2 is 1.95 bits per heavy atom. The molecule has 1 unspecified atom stereocenters. The molecule has 0 amide bonds. The summed E-state index contributed by atoms with van der Waals surface area (Å²) in [4.78, 5) is 11.5. The Kier molecular flexibility index (Phi) is 7.19. The first kappa shape index (κ1) is 15.7. The van der Waals surface area contributed by atoms with E-state index in [1.165, 1.54) is 25.5 Å². The number of nitrogens with one attached hydrogen (secondary N) is 1. The summed E-state index contributed by atoms with van der Waals surface area (Å²) in [5.74, 6) is -0.212. The fourth-order valence-electron chi connectivity index (χ4n) is 2.18. The van der Waals surface area contributed by atoms with E-state index >= 15 is 0 Å². The molecule has 3 heteroatoms. The highest BCUT2D eigenvalue weighted by atomic mass is 16.5. The Morgan fingerprint density at radius 1 is 1.26 bits per heavy atom. The van der Waals surface area contributed by atoms with Gasteiger partial charge in [0.15, 0.2) is 0 Å². The van der Waals surface area contributed by atoms with Gasteiger partial charge in [-0.3, -0.25) is 10.1 Å². The number of hydrogen-bond acceptors (Lipinski definition) is 3. The normalized spacial score (nSPS) is 13.8. The van der Waals surface area contributed by atoms with Gasteiger partial charge in [0.05, 0.1) is 7.11 Å². The standard InChI is InChI=1S/C16H25NO2/c1-4-5-7-12-15(14-10-8-6-9-11-14)17-13(2)16(18)19-3/h6,8-11,13,15,17H,4-5,7,12H2,1-3H3/t13-,15?/m0/s1. The van der Waals surface area contributed by atoms with Crippen LogP contribution in [0.3, 0.4) is 0 Å². The second-order valence-corrected chi connectivity index (χ2v) is 4.87. The first-order valence-corrected chi connectivity index (χ1v) is 7.07. The number of unbranched alkanes of at least 4 members (excludes halogenated alkanes) is 2. The largest absolute Gasteiger partial charge is 0.468 e. The van der Waals surface area contributed by atoms with Crippen molar-refractivity contribution in [1.82, 2.24) is 5.32 Å². The molecular formula is C16H25NO2. The van der Waals surface area contributed by atoms with Gasteiger partial charge in [-0.25, -0.2) is 0 Å². The maximum atomic E-state index is 11.5. The molecule has 0 aromatic heterocycles. The van der Waals surface area contributed by atoms with Crippen LogP contribution in [0.5, 0.6) is 0 Å². The molecule has 0 radical (unpaired) electrons. The minimum atomic E-state index is -0.281. The first-order chi connectivity index (χ1) is 9.19. The van der Waals surface area contributed by atoms with Crippen LogP contribution in [0.25, 0.3) is 0 Å². The maximum absolute atomic E-state index is 11.5. The molecule has 0 fully saturated rings. The summed E-state index contributed by atoms with van der Waals surface area (Å²) in [5.41, 5.74) is 1.23. The van der Waals surface area contributed by atoms with Crippen LogP contribution in [0.4, 0.5) is 0 Å². The number of methoxy groups -OCH3 is 1. The third-order valence-electron chi connectivity index (χ3n) is 3.30. The van der Waals surface area contributed by atoms with Crippen LogP contribution < -0.4 is 5.32 Å². The van der Waals surface area contributed by atoms with Crippen molar-refractivity contribution < 1.29 is 9.53 Å². The smallest absolute Gasteiger partial charge is 0.322 e. The molecule has 0 spiro atoms. The Balaban J connectivity index is 2.67. The predicted molar refractivity (Wildman–Crippen MR) is 77.9 cm³/mol. The number of esters is 1. The quantitative estimate of drug-likeness (QED) is 0.576. The van der Waals surface area contributed by atoms with Gasteiger partial charge in [0, 0.05) is 6.04 Å². The number of hydrogen-bond donors (Lipinski definition) is 1. The molecule has 0 saturated heterocycles. The van der Waals surface area contributed by atoms with Crippen molar-refractivity contribution in [3.05, 3.63) is 35.9 Å². The molecule has 1 aromatic rings. The Morgan fingerprint density at radius 3 is 2.53 bits per heavy atom. The highest BCUT2D eigenvalue weighted by molar-refractivity contribution is 5.75. The number of carbonyl (C=O) groups is 1. The molecule has 19 heavy (non-hydrogen) atoms. The van der Waals surface area contributed by atoms with Gasteiger partial charge in [-0.1, -0.05) is 56.5 Å². The van der Waals surface area contributed by atoms with Crippen molar-refractivity contribution in [1.29, 1.82) is 0 Å². The van der Waals surface area contributed by atoms with E-state index in [1.54, 1.807) is 0 Å². The van der Waals surface area contributed by atoms with Gasteiger partial charge in [0.2, 0.25) is 0 Å². The van der Waals surface area contributed by atoms with Gasteiger partial charge < -0.3 is 4.74 Å². The van der Waals surface area contributed by atoms with Crippen molar-refractivity contribution in [2.24, 2.45) is 0 Å². The molecule has 0 aliphatic rings. The van der Waals surface area contributed by atoms with Gasteiger partial charge in [0.1, 0.15) is 6.04 Å². The zero-order valence-corrected chi connectivity index (χ0v) is 12.2. The van der Waals surface area contributed by atoms with Crippen LogP contribution in [0.2, 0.25) is 0 Å². The van der Waals surface area contributed by atoms with Crippen molar-refractivity contribution in [3.8, 4) is 0 Å². The average molecular weight is 263 g/mol. The SMILES string of the molecule is CCCCCC(N[C@@H](C)C(=O)OC)c1ccccc1. The highest BCUT2D eigenvalue weighted by Gasteiger charge is 2.19. The van der Waals surface area contributed by atoms with E-state index in [-0.39, 0.29) is 18.1 Å². The second-order valence-electron chi connectivity index (χ2n) is 4.87. The van der Waals surface area contributed by atoms with Crippen LogP contribution >= 0.6 is 0 Å². The minimum Gasteiger partial charge on any atom is -0.468 e. The lowest BCUT2D eigenvalue weighted by Gasteiger charge is -2.22. The average Bonchev–Trinajstić information content (AvgIpc) is 2.46. The molecule has 0 bridgehead atoms. The van der Waals surface area contributed by atoms with Crippen molar-refractivity contribution in [2.45, 2.75) is 51.6 Å². The topological polar surface area (TPSA) is 38.3 Å². The lowest BCUT2D eigenvalue weighted by molar-refractivity contribution is -0.142. The van der Waals surface area contributed by atoms with E-state index < -0.39 is 0 Å². The fraction of sp³-hybridized carbons (Fsp3) is 0.562. The van der Waals surface area contributed by atoms with Crippen molar-refractivity contribution in [2.75, 3.05) is 7.11 Å². The van der Waals surface area contributed by atoms with E-state index in [0.29, 0.717) is 0 Å². The van der Waals surface area contributed by atoms with E-state index in [0.717, 1.165) is 12.8 Å². The summed E-state index contributed by atoms with van der Waals surface area (Å²) >= 11 is 0. The summed E-state index contributed by atoms with van der Waals surface area (Å²) in [6.07, 6.45) is 4.63. The summed E-state index contributed by atoms with van der Waals surface area (Å²) in [6, 6.07) is 10.2. The molecule has 1 N–H and O–H groups in total. The molecule has 1 aromatic carbocycles. The summed E-state index contributed by atoms with van der Waals surface area (Å²) < 4.78 is 4.77. The number of benzene rings is 1. The van der Waals surface area contributed by atoms with Gasteiger partial charge in [-0.2, -0.15) is 0 Å². The molecule has 0 aliphatic carbocycles. The van der Waals surface area contributed by atoms with Crippen LogP contribution in [0.15, 0.2) is 30.3 Å². The van der Waals surface area contributed by atoms with Crippen molar-refractivity contribution in [3.63, 3.8) is 0 Å². The summed E-state index contributed by atoms with van der Waals surface area (Å²) in [6.45, 7) is 4.05. The first-order valence-electron chi connectivity index (χ1n) is 7.07. The Labute approximate surface area is 116 Å². The van der Waals surface area contributed by atoms with Crippen LogP contribution in [0, 0.1) is 0 Å². The highest BCUT2D eigenvalue weighted by Crippen LogP contribution is 2.20. The molecule has 0 heterocycles. The second kappa shape index (κ2) is 8.70. The Hall–Kier alpha value is -1.35.